The van der Waals surface area contributed by atoms with Crippen molar-refractivity contribution < 1.29 is 9.90 Å². The summed E-state index contributed by atoms with van der Waals surface area (Å²) in [6, 6.07) is 5.77. The molecule has 0 heterocycles. The van der Waals surface area contributed by atoms with Crippen molar-refractivity contribution in [1.82, 2.24) is 5.32 Å². The summed E-state index contributed by atoms with van der Waals surface area (Å²) in [6.45, 7) is 4.19. The standard InChI is InChI=1S/C15H22N2O2/c1-10-3-6-13(9-11(10)2)16-15(19)17-14(7-8-18)12-4-5-12/h3,6,9,12,14,18H,4-5,7-8H2,1-2H3,(H2,16,17,19). The number of benzene rings is 1. The third-order valence-electron chi connectivity index (χ3n) is 3.71. The molecule has 0 aromatic heterocycles. The van der Waals surface area contributed by atoms with Gasteiger partial charge in [-0.05, 0) is 62.3 Å². The van der Waals surface area contributed by atoms with Crippen molar-refractivity contribution in [3.05, 3.63) is 29.3 Å². The first-order valence-electron chi connectivity index (χ1n) is 6.86. The topological polar surface area (TPSA) is 61.4 Å². The van der Waals surface area contributed by atoms with Gasteiger partial charge in [-0.15, -0.1) is 0 Å². The maximum Gasteiger partial charge on any atom is 0.319 e. The molecular formula is C15H22N2O2. The molecule has 4 heteroatoms. The van der Waals surface area contributed by atoms with E-state index in [9.17, 15) is 4.79 Å². The molecule has 0 saturated heterocycles. The molecule has 2 amide bonds. The van der Waals surface area contributed by atoms with Crippen molar-refractivity contribution in [2.75, 3.05) is 11.9 Å². The van der Waals surface area contributed by atoms with E-state index in [4.69, 9.17) is 5.11 Å². The monoisotopic (exact) mass is 262 g/mol. The van der Waals surface area contributed by atoms with Gasteiger partial charge in [-0.25, -0.2) is 4.79 Å². The smallest absolute Gasteiger partial charge is 0.319 e. The lowest BCUT2D eigenvalue weighted by molar-refractivity contribution is 0.234. The minimum absolute atomic E-state index is 0.0940. The molecule has 1 aromatic rings. The molecule has 0 spiro atoms. The quantitative estimate of drug-likeness (QED) is 0.763. The highest BCUT2D eigenvalue weighted by molar-refractivity contribution is 5.89. The fraction of sp³-hybridized carbons (Fsp3) is 0.533. The Morgan fingerprint density at radius 2 is 2.11 bits per heavy atom. The van der Waals surface area contributed by atoms with Crippen molar-refractivity contribution in [2.24, 2.45) is 5.92 Å². The number of carbonyl (C=O) groups is 1. The van der Waals surface area contributed by atoms with Crippen LogP contribution in [0.25, 0.3) is 0 Å². The molecule has 1 unspecified atom stereocenters. The second kappa shape index (κ2) is 6.06. The van der Waals surface area contributed by atoms with Gasteiger partial charge in [-0.3, -0.25) is 0 Å². The number of aliphatic hydroxyl groups excluding tert-OH is 1. The fourth-order valence-corrected chi connectivity index (χ4v) is 2.22. The zero-order valence-corrected chi connectivity index (χ0v) is 11.6. The molecule has 104 valence electrons. The van der Waals surface area contributed by atoms with E-state index in [0.29, 0.717) is 12.3 Å². The first-order chi connectivity index (χ1) is 9.10. The van der Waals surface area contributed by atoms with Crippen LogP contribution in [0.1, 0.15) is 30.4 Å². The largest absolute Gasteiger partial charge is 0.396 e. The minimum atomic E-state index is -0.186. The number of carbonyl (C=O) groups excluding carboxylic acids is 1. The van der Waals surface area contributed by atoms with E-state index in [1.807, 2.05) is 32.0 Å². The summed E-state index contributed by atoms with van der Waals surface area (Å²) in [6.07, 6.45) is 2.92. The van der Waals surface area contributed by atoms with Crippen LogP contribution in [0.4, 0.5) is 10.5 Å². The molecule has 19 heavy (non-hydrogen) atoms. The Morgan fingerprint density at radius 3 is 2.68 bits per heavy atom. The first-order valence-corrected chi connectivity index (χ1v) is 6.86. The summed E-state index contributed by atoms with van der Waals surface area (Å²) in [5, 5.41) is 14.8. The lowest BCUT2D eigenvalue weighted by Gasteiger charge is -2.17. The lowest BCUT2D eigenvalue weighted by Crippen LogP contribution is -2.39. The molecule has 4 nitrogen and oxygen atoms in total. The van der Waals surface area contributed by atoms with Crippen LogP contribution in [0.5, 0.6) is 0 Å². The molecule has 0 bridgehead atoms. The van der Waals surface area contributed by atoms with E-state index in [0.717, 1.165) is 24.1 Å². The van der Waals surface area contributed by atoms with Crippen molar-refractivity contribution >= 4 is 11.7 Å². The molecule has 3 N–H and O–H groups in total. The number of urea groups is 1. The summed E-state index contributed by atoms with van der Waals surface area (Å²) >= 11 is 0. The van der Waals surface area contributed by atoms with Gasteiger partial charge in [0, 0.05) is 18.3 Å². The van der Waals surface area contributed by atoms with Gasteiger partial charge in [-0.1, -0.05) is 6.07 Å². The van der Waals surface area contributed by atoms with Crippen molar-refractivity contribution in [3.63, 3.8) is 0 Å². The molecule has 1 aliphatic rings. The number of nitrogens with one attached hydrogen (secondary N) is 2. The maximum absolute atomic E-state index is 11.9. The summed E-state index contributed by atoms with van der Waals surface area (Å²) in [4.78, 5) is 11.9. The molecule has 1 aromatic carbocycles. The molecular weight excluding hydrogens is 240 g/mol. The van der Waals surface area contributed by atoms with Crippen LogP contribution < -0.4 is 10.6 Å². The zero-order chi connectivity index (χ0) is 13.8. The van der Waals surface area contributed by atoms with Gasteiger partial charge >= 0.3 is 6.03 Å². The average molecular weight is 262 g/mol. The third kappa shape index (κ3) is 3.96. The van der Waals surface area contributed by atoms with Crippen molar-refractivity contribution in [1.29, 1.82) is 0 Å². The normalized spacial score (nSPS) is 15.9. The highest BCUT2D eigenvalue weighted by atomic mass is 16.3. The second-order valence-corrected chi connectivity index (χ2v) is 5.35. The summed E-state index contributed by atoms with van der Waals surface area (Å²) < 4.78 is 0. The molecule has 0 aliphatic heterocycles. The van der Waals surface area contributed by atoms with Gasteiger partial charge in [0.25, 0.3) is 0 Å². The first kappa shape index (κ1) is 13.9. The van der Waals surface area contributed by atoms with Gasteiger partial charge in [0.15, 0.2) is 0 Å². The van der Waals surface area contributed by atoms with Gasteiger partial charge in [-0.2, -0.15) is 0 Å². The number of amides is 2. The van der Waals surface area contributed by atoms with E-state index in [1.165, 1.54) is 5.56 Å². The van der Waals surface area contributed by atoms with E-state index >= 15 is 0 Å². The van der Waals surface area contributed by atoms with Gasteiger partial charge in [0.05, 0.1) is 0 Å². The average Bonchev–Trinajstić information content (AvgIpc) is 3.17. The highest BCUT2D eigenvalue weighted by Crippen LogP contribution is 2.33. The van der Waals surface area contributed by atoms with E-state index in [1.54, 1.807) is 0 Å². The molecule has 1 atom stereocenters. The lowest BCUT2D eigenvalue weighted by atomic mass is 10.1. The maximum atomic E-state index is 11.9. The Balaban J connectivity index is 1.90. The van der Waals surface area contributed by atoms with Crippen LogP contribution in [0, 0.1) is 19.8 Å². The van der Waals surface area contributed by atoms with E-state index in [-0.39, 0.29) is 18.7 Å². The summed E-state index contributed by atoms with van der Waals surface area (Å²) in [5.41, 5.74) is 3.17. The van der Waals surface area contributed by atoms with Gasteiger partial charge < -0.3 is 15.7 Å². The van der Waals surface area contributed by atoms with Gasteiger partial charge in [0.2, 0.25) is 0 Å². The number of hydrogen-bond acceptors (Lipinski definition) is 2. The predicted octanol–water partition coefficient (Wildman–Crippen LogP) is 2.59. The SMILES string of the molecule is Cc1ccc(NC(=O)NC(CCO)C2CC2)cc1C. The molecule has 1 saturated carbocycles. The van der Waals surface area contributed by atoms with Crippen LogP contribution in [-0.2, 0) is 0 Å². The number of aliphatic hydroxyl groups is 1. The predicted molar refractivity (Wildman–Crippen MR) is 76.3 cm³/mol. The molecule has 2 rings (SSSR count). The summed E-state index contributed by atoms with van der Waals surface area (Å²) in [5.74, 6) is 0.539. The van der Waals surface area contributed by atoms with E-state index < -0.39 is 0 Å². The number of rotatable bonds is 5. The number of anilines is 1. The van der Waals surface area contributed by atoms with Crippen LogP contribution in [-0.4, -0.2) is 23.8 Å². The number of hydrogen-bond donors (Lipinski definition) is 3. The Bertz CT molecular complexity index is 455. The van der Waals surface area contributed by atoms with Crippen molar-refractivity contribution in [2.45, 2.75) is 39.2 Å². The fourth-order valence-electron chi connectivity index (χ4n) is 2.22. The molecule has 0 radical (unpaired) electrons. The van der Waals surface area contributed by atoms with E-state index in [2.05, 4.69) is 10.6 Å². The minimum Gasteiger partial charge on any atom is -0.396 e. The van der Waals surface area contributed by atoms with Crippen LogP contribution in [0.3, 0.4) is 0 Å². The Hall–Kier alpha value is -1.55. The molecule has 1 fully saturated rings. The van der Waals surface area contributed by atoms with Crippen LogP contribution in [0.2, 0.25) is 0 Å². The second-order valence-electron chi connectivity index (χ2n) is 5.35. The Kier molecular flexibility index (Phi) is 4.43. The Labute approximate surface area is 114 Å². The van der Waals surface area contributed by atoms with Crippen molar-refractivity contribution in [3.8, 4) is 0 Å². The number of aryl methyl sites for hydroxylation is 2. The highest BCUT2D eigenvalue weighted by Gasteiger charge is 2.31. The summed E-state index contributed by atoms with van der Waals surface area (Å²) in [7, 11) is 0. The van der Waals surface area contributed by atoms with Crippen LogP contribution >= 0.6 is 0 Å². The third-order valence-corrected chi connectivity index (χ3v) is 3.71. The molecule has 1 aliphatic carbocycles. The van der Waals surface area contributed by atoms with Crippen LogP contribution in [0.15, 0.2) is 18.2 Å². The Morgan fingerprint density at radius 1 is 1.37 bits per heavy atom. The zero-order valence-electron chi connectivity index (χ0n) is 11.6. The van der Waals surface area contributed by atoms with Gasteiger partial charge in [0.1, 0.15) is 0 Å².